The van der Waals surface area contributed by atoms with Crippen LogP contribution in [0.5, 0.6) is 0 Å². The molecule has 3 aromatic heterocycles. The van der Waals surface area contributed by atoms with E-state index in [0.29, 0.717) is 0 Å². The lowest BCUT2D eigenvalue weighted by molar-refractivity contribution is 0.591. The van der Waals surface area contributed by atoms with Gasteiger partial charge in [-0.1, -0.05) is 130 Å². The van der Waals surface area contributed by atoms with E-state index in [1.807, 2.05) is 0 Å². The first-order valence-electron chi connectivity index (χ1n) is 16.6. The Balaban J connectivity index is 1.39. The summed E-state index contributed by atoms with van der Waals surface area (Å²) in [6, 6.07) is 50.5. The third-order valence-electron chi connectivity index (χ3n) is 10.1. The maximum Gasteiger partial charge on any atom is 0.149 e. The molecule has 0 bridgehead atoms. The second-order valence-corrected chi connectivity index (χ2v) is 14.0. The Morgan fingerprint density at radius 3 is 1.90 bits per heavy atom. The van der Waals surface area contributed by atoms with E-state index in [2.05, 4.69) is 165 Å². The van der Waals surface area contributed by atoms with E-state index in [0.717, 1.165) is 60.6 Å². The van der Waals surface area contributed by atoms with E-state index in [9.17, 15) is 0 Å². The maximum atomic E-state index is 6.84. The van der Waals surface area contributed by atoms with Crippen molar-refractivity contribution >= 4 is 81.6 Å². The van der Waals surface area contributed by atoms with Crippen molar-refractivity contribution in [1.29, 1.82) is 0 Å². The van der Waals surface area contributed by atoms with Crippen LogP contribution >= 0.6 is 0 Å². The molecule has 0 amide bonds. The standard InChI is InChI=1S/C45H32N2O/c1-45(2,3)29-23-22-27-25-38-36-18-10-19-37(43(36)48-41(38)26-28(27)24-29)44-46-39-20-11-17-35-33-15-7-5-13-31(33)30-12-4-6-14-32(30)34-16-8-9-21-40(34)47(44)42(35)39/h4-26H,1-3H3. The Kier molecular flexibility index (Phi) is 5.55. The van der Waals surface area contributed by atoms with Crippen molar-refractivity contribution in [3.8, 4) is 11.4 Å². The number of rotatable bonds is 1. The second-order valence-electron chi connectivity index (χ2n) is 14.0. The smallest absolute Gasteiger partial charge is 0.149 e. The SMILES string of the molecule is CC(C)(C)c1ccc2cc3c(cc2c1)oc1c(-c2nc4cccc5c6ccccc6c6ccccc6c6ccccc6n2c45)cccc13. The fourth-order valence-electron chi connectivity index (χ4n) is 7.74. The molecule has 0 saturated carbocycles. The van der Waals surface area contributed by atoms with Crippen LogP contribution in [0, 0.1) is 0 Å². The van der Waals surface area contributed by atoms with Gasteiger partial charge in [0.2, 0.25) is 0 Å². The third kappa shape index (κ3) is 3.85. The number of benzene rings is 7. The lowest BCUT2D eigenvalue weighted by atomic mass is 9.86. The molecule has 0 atom stereocenters. The van der Waals surface area contributed by atoms with E-state index < -0.39 is 0 Å². The number of aromatic nitrogens is 2. The first kappa shape index (κ1) is 27.2. The van der Waals surface area contributed by atoms with Gasteiger partial charge in [-0.3, -0.25) is 4.40 Å². The molecule has 0 N–H and O–H groups in total. The van der Waals surface area contributed by atoms with Crippen molar-refractivity contribution in [3.05, 3.63) is 145 Å². The fraction of sp³-hybridized carbons (Fsp3) is 0.0889. The van der Waals surface area contributed by atoms with Gasteiger partial charge in [0, 0.05) is 21.5 Å². The van der Waals surface area contributed by atoms with Gasteiger partial charge in [0.05, 0.1) is 22.1 Å². The molecule has 0 aliphatic heterocycles. The van der Waals surface area contributed by atoms with Crippen LogP contribution in [0.25, 0.3) is 93.0 Å². The van der Waals surface area contributed by atoms with Crippen molar-refractivity contribution in [3.63, 3.8) is 0 Å². The predicted octanol–water partition coefficient (Wildman–Crippen LogP) is 12.5. The highest BCUT2D eigenvalue weighted by Gasteiger charge is 2.21. The van der Waals surface area contributed by atoms with Crippen LogP contribution in [0.15, 0.2) is 144 Å². The zero-order valence-corrected chi connectivity index (χ0v) is 27.1. The average Bonchev–Trinajstić information content (AvgIpc) is 3.69. The highest BCUT2D eigenvalue weighted by molar-refractivity contribution is 6.21. The number of nitrogens with zero attached hydrogens (tertiary/aromatic N) is 2. The van der Waals surface area contributed by atoms with Crippen LogP contribution in [0.2, 0.25) is 0 Å². The molecule has 0 spiro atoms. The molecule has 3 heteroatoms. The van der Waals surface area contributed by atoms with E-state index in [1.165, 1.54) is 37.9 Å². The predicted molar refractivity (Wildman–Crippen MR) is 203 cm³/mol. The highest BCUT2D eigenvalue weighted by atomic mass is 16.3. The molecular formula is C45H32N2O. The maximum absolute atomic E-state index is 6.84. The molecule has 0 unspecified atom stereocenters. The van der Waals surface area contributed by atoms with Crippen LogP contribution in [-0.2, 0) is 5.41 Å². The van der Waals surface area contributed by atoms with Gasteiger partial charge in [-0.15, -0.1) is 0 Å². The number of fused-ring (bicyclic) bond motifs is 11. The van der Waals surface area contributed by atoms with Crippen LogP contribution in [0.3, 0.4) is 0 Å². The van der Waals surface area contributed by atoms with E-state index in [4.69, 9.17) is 9.40 Å². The minimum Gasteiger partial charge on any atom is -0.455 e. The average molecular weight is 617 g/mol. The van der Waals surface area contributed by atoms with Gasteiger partial charge in [-0.25, -0.2) is 4.98 Å². The minimum atomic E-state index is 0.0703. The first-order chi connectivity index (χ1) is 23.4. The first-order valence-corrected chi connectivity index (χ1v) is 16.6. The van der Waals surface area contributed by atoms with Gasteiger partial charge in [-0.2, -0.15) is 0 Å². The molecule has 10 rings (SSSR count). The monoisotopic (exact) mass is 616 g/mol. The molecule has 228 valence electrons. The lowest BCUT2D eigenvalue weighted by Gasteiger charge is -2.19. The third-order valence-corrected chi connectivity index (χ3v) is 10.1. The zero-order chi connectivity index (χ0) is 32.1. The quantitative estimate of drug-likeness (QED) is 0.184. The zero-order valence-electron chi connectivity index (χ0n) is 27.1. The lowest BCUT2D eigenvalue weighted by Crippen LogP contribution is -2.10. The fourth-order valence-corrected chi connectivity index (χ4v) is 7.74. The normalized spacial score (nSPS) is 12.5. The van der Waals surface area contributed by atoms with E-state index >= 15 is 0 Å². The van der Waals surface area contributed by atoms with Crippen LogP contribution < -0.4 is 0 Å². The summed E-state index contributed by atoms with van der Waals surface area (Å²) in [4.78, 5) is 5.41. The number of para-hydroxylation sites is 3. The molecule has 3 heterocycles. The minimum absolute atomic E-state index is 0.0703. The highest BCUT2D eigenvalue weighted by Crippen LogP contribution is 2.41. The Morgan fingerprint density at radius 2 is 1.15 bits per heavy atom. The van der Waals surface area contributed by atoms with Gasteiger partial charge >= 0.3 is 0 Å². The van der Waals surface area contributed by atoms with Crippen molar-refractivity contribution in [2.45, 2.75) is 26.2 Å². The van der Waals surface area contributed by atoms with Gasteiger partial charge in [-0.05, 0) is 73.6 Å². The van der Waals surface area contributed by atoms with Gasteiger partial charge in [0.25, 0.3) is 0 Å². The van der Waals surface area contributed by atoms with Crippen molar-refractivity contribution in [1.82, 2.24) is 9.38 Å². The summed E-state index contributed by atoms with van der Waals surface area (Å²) in [7, 11) is 0. The summed E-state index contributed by atoms with van der Waals surface area (Å²) in [6.45, 7) is 6.77. The summed E-state index contributed by atoms with van der Waals surface area (Å²) in [5, 5.41) is 11.8. The number of furan rings is 1. The molecule has 0 aliphatic carbocycles. The Morgan fingerprint density at radius 1 is 0.521 bits per heavy atom. The summed E-state index contributed by atoms with van der Waals surface area (Å²) in [5.41, 5.74) is 7.24. The molecule has 0 saturated heterocycles. The van der Waals surface area contributed by atoms with Crippen molar-refractivity contribution in [2.75, 3.05) is 0 Å². The van der Waals surface area contributed by atoms with Crippen molar-refractivity contribution in [2.24, 2.45) is 0 Å². The molecule has 7 aromatic carbocycles. The number of hydrogen-bond acceptors (Lipinski definition) is 2. The molecule has 10 aromatic rings. The Hall–Kier alpha value is -5.93. The molecule has 0 radical (unpaired) electrons. The topological polar surface area (TPSA) is 30.4 Å². The Labute approximate surface area is 277 Å². The molecule has 48 heavy (non-hydrogen) atoms. The van der Waals surface area contributed by atoms with Crippen LogP contribution in [0.1, 0.15) is 26.3 Å². The summed E-state index contributed by atoms with van der Waals surface area (Å²) < 4.78 is 9.21. The second kappa shape index (κ2) is 9.79. The van der Waals surface area contributed by atoms with Gasteiger partial charge in [0.15, 0.2) is 0 Å². The molecule has 3 nitrogen and oxygen atoms in total. The summed E-state index contributed by atoms with van der Waals surface area (Å²) in [6.07, 6.45) is 0. The number of hydrogen-bond donors (Lipinski definition) is 0. The van der Waals surface area contributed by atoms with Crippen molar-refractivity contribution < 1.29 is 4.42 Å². The largest absolute Gasteiger partial charge is 0.455 e. The number of imidazole rings is 1. The van der Waals surface area contributed by atoms with E-state index in [1.54, 1.807) is 0 Å². The van der Waals surface area contributed by atoms with E-state index in [-0.39, 0.29) is 5.41 Å². The molecule has 0 fully saturated rings. The van der Waals surface area contributed by atoms with Gasteiger partial charge < -0.3 is 4.42 Å². The van der Waals surface area contributed by atoms with Crippen LogP contribution in [0.4, 0.5) is 0 Å². The summed E-state index contributed by atoms with van der Waals surface area (Å²) in [5.74, 6) is 0.867. The summed E-state index contributed by atoms with van der Waals surface area (Å²) >= 11 is 0. The molecule has 0 aliphatic rings. The van der Waals surface area contributed by atoms with Gasteiger partial charge in [0.1, 0.15) is 17.0 Å². The Bertz CT molecular complexity index is 2990. The molecular weight excluding hydrogens is 585 g/mol. The van der Waals surface area contributed by atoms with Crippen LogP contribution in [-0.4, -0.2) is 9.38 Å².